The number of piperidine rings is 1. The van der Waals surface area contributed by atoms with Gasteiger partial charge in [-0.05, 0) is 19.8 Å². The van der Waals surface area contributed by atoms with Crippen LogP contribution in [0, 0.1) is 6.92 Å². The topological polar surface area (TPSA) is 93.3 Å². The third-order valence-corrected chi connectivity index (χ3v) is 5.27. The average molecular weight is 339 g/mol. The Kier molecular flexibility index (Phi) is 4.40. The first-order valence-electron chi connectivity index (χ1n) is 7.58. The zero-order chi connectivity index (χ0) is 16.4. The second-order valence-corrected chi connectivity index (χ2v) is 7.66. The summed E-state index contributed by atoms with van der Waals surface area (Å²) >= 11 is 0. The van der Waals surface area contributed by atoms with E-state index in [1.54, 1.807) is 23.9 Å². The zero-order valence-corrected chi connectivity index (χ0v) is 14.1. The fourth-order valence-corrected chi connectivity index (χ4v) is 4.24. The molecule has 0 amide bonds. The molecular weight excluding hydrogens is 318 g/mol. The minimum Gasteiger partial charge on any atom is -0.361 e. The van der Waals surface area contributed by atoms with Crippen LogP contribution in [0.1, 0.15) is 24.3 Å². The maximum atomic E-state index is 12.3. The third-order valence-electron chi connectivity index (χ3n) is 3.90. The molecular formula is C14H21N5O3S. The number of sulfonamides is 1. The van der Waals surface area contributed by atoms with Crippen LogP contribution in [0.3, 0.4) is 0 Å². The van der Waals surface area contributed by atoms with E-state index >= 15 is 0 Å². The maximum absolute atomic E-state index is 12.3. The molecule has 0 aromatic carbocycles. The van der Waals surface area contributed by atoms with Crippen molar-refractivity contribution in [1.82, 2.24) is 19.7 Å². The first-order valence-corrected chi connectivity index (χ1v) is 9.23. The van der Waals surface area contributed by atoms with Gasteiger partial charge in [0.2, 0.25) is 10.0 Å². The van der Waals surface area contributed by atoms with Gasteiger partial charge >= 0.3 is 0 Å². The molecule has 0 radical (unpaired) electrons. The van der Waals surface area contributed by atoms with E-state index in [9.17, 15) is 8.42 Å². The van der Waals surface area contributed by atoms with Crippen molar-refractivity contribution in [1.29, 1.82) is 0 Å². The summed E-state index contributed by atoms with van der Waals surface area (Å²) < 4.78 is 34.1. The quantitative estimate of drug-likeness (QED) is 0.866. The molecule has 9 heteroatoms. The Morgan fingerprint density at radius 3 is 2.96 bits per heavy atom. The van der Waals surface area contributed by atoms with Crippen LogP contribution in [0.4, 0.5) is 5.82 Å². The van der Waals surface area contributed by atoms with E-state index in [-0.39, 0.29) is 11.8 Å². The van der Waals surface area contributed by atoms with E-state index in [0.29, 0.717) is 18.0 Å². The highest BCUT2D eigenvalue weighted by atomic mass is 32.2. The lowest BCUT2D eigenvalue weighted by Gasteiger charge is -2.34. The van der Waals surface area contributed by atoms with Crippen LogP contribution in [0.5, 0.6) is 0 Å². The molecule has 1 aliphatic heterocycles. The standard InChI is InChI=1S/C14H21N5O3S/c1-11-8-13(16-22-11)10-23(20,21)17-12-4-3-7-19(9-12)14-5-6-15-18(14)2/h5-6,8,12,17H,3-4,7,9-10H2,1-2H3. The number of anilines is 1. The van der Waals surface area contributed by atoms with Crippen LogP contribution in [-0.4, -0.2) is 42.5 Å². The Balaban J connectivity index is 1.64. The fourth-order valence-electron chi connectivity index (χ4n) is 2.93. The number of aryl methyl sites for hydroxylation is 2. The molecule has 1 fully saturated rings. The Morgan fingerprint density at radius 2 is 2.30 bits per heavy atom. The molecule has 0 aliphatic carbocycles. The van der Waals surface area contributed by atoms with Crippen molar-refractivity contribution in [2.45, 2.75) is 31.6 Å². The number of aromatic nitrogens is 3. The number of hydrogen-bond acceptors (Lipinski definition) is 6. The third kappa shape index (κ3) is 3.91. The van der Waals surface area contributed by atoms with Gasteiger partial charge in [0.25, 0.3) is 0 Å². The molecule has 3 heterocycles. The molecule has 2 aromatic rings. The van der Waals surface area contributed by atoms with E-state index in [1.165, 1.54) is 0 Å². The molecule has 1 N–H and O–H groups in total. The monoisotopic (exact) mass is 339 g/mol. The Bertz CT molecular complexity index is 767. The van der Waals surface area contributed by atoms with Crippen molar-refractivity contribution in [3.05, 3.63) is 29.8 Å². The van der Waals surface area contributed by atoms with Gasteiger partial charge in [-0.1, -0.05) is 5.16 Å². The smallest absolute Gasteiger partial charge is 0.217 e. The molecule has 3 rings (SSSR count). The lowest BCUT2D eigenvalue weighted by molar-refractivity contribution is 0.392. The number of hydrogen-bond donors (Lipinski definition) is 1. The fraction of sp³-hybridized carbons (Fsp3) is 0.571. The minimum absolute atomic E-state index is 0.114. The van der Waals surface area contributed by atoms with Gasteiger partial charge in [-0.3, -0.25) is 4.68 Å². The van der Waals surface area contributed by atoms with Gasteiger partial charge < -0.3 is 9.42 Å². The van der Waals surface area contributed by atoms with Gasteiger partial charge in [0.05, 0.1) is 6.20 Å². The number of rotatable bonds is 5. The Hall–Kier alpha value is -1.87. The average Bonchev–Trinajstić information content (AvgIpc) is 3.06. The largest absolute Gasteiger partial charge is 0.361 e. The molecule has 126 valence electrons. The molecule has 1 aliphatic rings. The zero-order valence-electron chi connectivity index (χ0n) is 13.3. The predicted molar refractivity (Wildman–Crippen MR) is 85.4 cm³/mol. The van der Waals surface area contributed by atoms with Crippen molar-refractivity contribution in [3.63, 3.8) is 0 Å². The van der Waals surface area contributed by atoms with E-state index in [2.05, 4.69) is 19.9 Å². The first-order chi connectivity index (χ1) is 10.9. The highest BCUT2D eigenvalue weighted by Gasteiger charge is 2.26. The lowest BCUT2D eigenvalue weighted by Crippen LogP contribution is -2.48. The van der Waals surface area contributed by atoms with E-state index in [0.717, 1.165) is 25.2 Å². The van der Waals surface area contributed by atoms with Crippen molar-refractivity contribution in [3.8, 4) is 0 Å². The molecule has 0 saturated carbocycles. The molecule has 2 aromatic heterocycles. The van der Waals surface area contributed by atoms with Crippen LogP contribution in [0.15, 0.2) is 22.9 Å². The Labute approximate surface area is 135 Å². The normalized spacial score (nSPS) is 19.2. The number of nitrogens with zero attached hydrogens (tertiary/aromatic N) is 4. The van der Waals surface area contributed by atoms with Crippen LogP contribution >= 0.6 is 0 Å². The Morgan fingerprint density at radius 1 is 1.48 bits per heavy atom. The van der Waals surface area contributed by atoms with E-state index < -0.39 is 10.0 Å². The second kappa shape index (κ2) is 6.32. The number of nitrogens with one attached hydrogen (secondary N) is 1. The summed E-state index contributed by atoms with van der Waals surface area (Å²) in [7, 11) is -1.56. The van der Waals surface area contributed by atoms with Crippen molar-refractivity contribution in [2.75, 3.05) is 18.0 Å². The van der Waals surface area contributed by atoms with Crippen LogP contribution < -0.4 is 9.62 Å². The summed E-state index contributed by atoms with van der Waals surface area (Å²) in [6, 6.07) is 3.47. The molecule has 1 saturated heterocycles. The van der Waals surface area contributed by atoms with Gasteiger partial charge in [0.15, 0.2) is 0 Å². The molecule has 23 heavy (non-hydrogen) atoms. The van der Waals surface area contributed by atoms with Crippen molar-refractivity contribution < 1.29 is 12.9 Å². The summed E-state index contributed by atoms with van der Waals surface area (Å²) in [6.07, 6.45) is 3.50. The highest BCUT2D eigenvalue weighted by Crippen LogP contribution is 2.19. The van der Waals surface area contributed by atoms with Crippen LogP contribution in [0.2, 0.25) is 0 Å². The first kappa shape index (κ1) is 16.0. The van der Waals surface area contributed by atoms with Gasteiger partial charge in [-0.15, -0.1) is 0 Å². The van der Waals surface area contributed by atoms with Crippen molar-refractivity contribution in [2.24, 2.45) is 7.05 Å². The minimum atomic E-state index is -3.44. The van der Waals surface area contributed by atoms with Gasteiger partial charge in [-0.25, -0.2) is 13.1 Å². The SMILES string of the molecule is Cc1cc(CS(=O)(=O)NC2CCCN(c3ccnn3C)C2)no1. The van der Waals surface area contributed by atoms with Crippen LogP contribution in [-0.2, 0) is 22.8 Å². The van der Waals surface area contributed by atoms with E-state index in [1.807, 2.05) is 13.1 Å². The highest BCUT2D eigenvalue weighted by molar-refractivity contribution is 7.88. The molecule has 0 spiro atoms. The lowest BCUT2D eigenvalue weighted by atomic mass is 10.1. The summed E-state index contributed by atoms with van der Waals surface area (Å²) in [5, 5.41) is 7.91. The summed E-state index contributed by atoms with van der Waals surface area (Å²) in [5.41, 5.74) is 0.425. The molecule has 1 unspecified atom stereocenters. The second-order valence-electron chi connectivity index (χ2n) is 5.90. The predicted octanol–water partition coefficient (Wildman–Crippen LogP) is 0.805. The van der Waals surface area contributed by atoms with Gasteiger partial charge in [0.1, 0.15) is 23.0 Å². The van der Waals surface area contributed by atoms with Gasteiger partial charge in [0, 0.05) is 38.3 Å². The summed E-state index contributed by atoms with van der Waals surface area (Å²) in [4.78, 5) is 2.16. The maximum Gasteiger partial charge on any atom is 0.217 e. The summed E-state index contributed by atoms with van der Waals surface area (Å²) in [6.45, 7) is 3.28. The molecule has 8 nitrogen and oxygen atoms in total. The van der Waals surface area contributed by atoms with Gasteiger partial charge in [-0.2, -0.15) is 5.10 Å². The molecule has 1 atom stereocenters. The van der Waals surface area contributed by atoms with Crippen molar-refractivity contribution >= 4 is 15.8 Å². The van der Waals surface area contributed by atoms with E-state index in [4.69, 9.17) is 4.52 Å². The molecule has 0 bridgehead atoms. The summed E-state index contributed by atoms with van der Waals surface area (Å²) in [5.74, 6) is 1.45. The van der Waals surface area contributed by atoms with Crippen LogP contribution in [0.25, 0.3) is 0 Å².